The van der Waals surface area contributed by atoms with Crippen molar-refractivity contribution in [3.63, 3.8) is 0 Å². The van der Waals surface area contributed by atoms with E-state index in [1.54, 1.807) is 6.08 Å². The molecule has 0 atom stereocenters. The Balaban J connectivity index is 3.24. The SMILES string of the molecule is C=CCOCC(=C)C(=O)OCCCCCCCCCCCCCCC. The Morgan fingerprint density at radius 2 is 1.32 bits per heavy atom. The van der Waals surface area contributed by atoms with Crippen LogP contribution >= 0.6 is 0 Å². The number of carbonyl (C=O) groups excluding carboxylic acids is 1. The summed E-state index contributed by atoms with van der Waals surface area (Å²) in [7, 11) is 0. The first-order chi connectivity index (χ1) is 12.2. The minimum atomic E-state index is -0.344. The van der Waals surface area contributed by atoms with E-state index < -0.39 is 0 Å². The number of unbranched alkanes of at least 4 members (excludes halogenated alkanes) is 12. The van der Waals surface area contributed by atoms with Gasteiger partial charge in [-0.15, -0.1) is 6.58 Å². The third-order valence-corrected chi connectivity index (χ3v) is 4.28. The Morgan fingerprint density at radius 3 is 1.80 bits per heavy atom. The molecule has 25 heavy (non-hydrogen) atoms. The van der Waals surface area contributed by atoms with Crippen molar-refractivity contribution in [2.75, 3.05) is 19.8 Å². The monoisotopic (exact) mass is 352 g/mol. The van der Waals surface area contributed by atoms with Gasteiger partial charge in [0.2, 0.25) is 0 Å². The average molecular weight is 353 g/mol. The fourth-order valence-electron chi connectivity index (χ4n) is 2.71. The van der Waals surface area contributed by atoms with Crippen LogP contribution in [0.4, 0.5) is 0 Å². The highest BCUT2D eigenvalue weighted by molar-refractivity contribution is 5.87. The topological polar surface area (TPSA) is 35.5 Å². The highest BCUT2D eigenvalue weighted by atomic mass is 16.5. The lowest BCUT2D eigenvalue weighted by Crippen LogP contribution is -2.12. The summed E-state index contributed by atoms with van der Waals surface area (Å²) in [4.78, 5) is 11.6. The molecule has 0 aromatic carbocycles. The molecule has 0 aliphatic rings. The smallest absolute Gasteiger partial charge is 0.335 e. The van der Waals surface area contributed by atoms with E-state index in [0.717, 1.165) is 12.8 Å². The van der Waals surface area contributed by atoms with E-state index in [4.69, 9.17) is 9.47 Å². The van der Waals surface area contributed by atoms with E-state index in [9.17, 15) is 4.79 Å². The molecule has 0 aliphatic carbocycles. The van der Waals surface area contributed by atoms with Crippen LogP contribution in [0.15, 0.2) is 24.8 Å². The summed E-state index contributed by atoms with van der Waals surface area (Å²) < 4.78 is 10.4. The van der Waals surface area contributed by atoms with E-state index in [1.165, 1.54) is 70.6 Å². The summed E-state index contributed by atoms with van der Waals surface area (Å²) in [5.41, 5.74) is 0.372. The average Bonchev–Trinajstić information content (AvgIpc) is 2.61. The third-order valence-electron chi connectivity index (χ3n) is 4.28. The number of ether oxygens (including phenoxy) is 2. The molecule has 3 heteroatoms. The molecule has 0 aliphatic heterocycles. The molecule has 0 spiro atoms. The molecule has 0 heterocycles. The second-order valence-electron chi connectivity index (χ2n) is 6.79. The number of hydrogen-bond acceptors (Lipinski definition) is 3. The molecule has 0 fully saturated rings. The first-order valence-corrected chi connectivity index (χ1v) is 10.3. The Morgan fingerprint density at radius 1 is 0.840 bits per heavy atom. The standard InChI is InChI=1S/C22H40O3/c1-4-6-7-8-9-10-11-12-13-14-15-16-17-19-25-22(23)21(3)20-24-18-5-2/h5H,2-4,6-20H2,1H3. The van der Waals surface area contributed by atoms with Crippen LogP contribution in [-0.2, 0) is 14.3 Å². The minimum Gasteiger partial charge on any atom is -0.462 e. The largest absolute Gasteiger partial charge is 0.462 e. The van der Waals surface area contributed by atoms with Gasteiger partial charge in [0, 0.05) is 0 Å². The first-order valence-electron chi connectivity index (χ1n) is 10.3. The molecule has 146 valence electrons. The lowest BCUT2D eigenvalue weighted by molar-refractivity contribution is -0.139. The summed E-state index contributed by atoms with van der Waals surface area (Å²) >= 11 is 0. The van der Waals surface area contributed by atoms with Gasteiger partial charge < -0.3 is 9.47 Å². The molecule has 0 N–H and O–H groups in total. The third kappa shape index (κ3) is 17.5. The number of rotatable bonds is 19. The Labute approximate surface area is 155 Å². The van der Waals surface area contributed by atoms with Crippen molar-refractivity contribution in [2.45, 2.75) is 90.4 Å². The van der Waals surface area contributed by atoms with Crippen molar-refractivity contribution in [2.24, 2.45) is 0 Å². The summed E-state index contributed by atoms with van der Waals surface area (Å²) in [6, 6.07) is 0. The maximum absolute atomic E-state index is 11.6. The van der Waals surface area contributed by atoms with Gasteiger partial charge >= 0.3 is 5.97 Å². The van der Waals surface area contributed by atoms with Gasteiger partial charge in [-0.1, -0.05) is 96.6 Å². The van der Waals surface area contributed by atoms with Crippen LogP contribution in [0.1, 0.15) is 90.4 Å². The van der Waals surface area contributed by atoms with Crippen LogP contribution in [0.5, 0.6) is 0 Å². The van der Waals surface area contributed by atoms with Crippen molar-refractivity contribution < 1.29 is 14.3 Å². The molecular weight excluding hydrogens is 312 g/mol. The zero-order chi connectivity index (χ0) is 18.6. The molecule has 3 nitrogen and oxygen atoms in total. The van der Waals surface area contributed by atoms with E-state index >= 15 is 0 Å². The number of carbonyl (C=O) groups is 1. The fraction of sp³-hybridized carbons (Fsp3) is 0.773. The van der Waals surface area contributed by atoms with Gasteiger partial charge in [0.1, 0.15) is 0 Å². The van der Waals surface area contributed by atoms with Gasteiger partial charge in [0.05, 0.1) is 25.4 Å². The summed E-state index contributed by atoms with van der Waals surface area (Å²) in [6.07, 6.45) is 18.7. The molecule has 0 aromatic heterocycles. The second kappa shape index (κ2) is 19.2. The van der Waals surface area contributed by atoms with Gasteiger partial charge in [0.15, 0.2) is 0 Å². The Hall–Kier alpha value is -1.09. The molecule has 0 amide bonds. The highest BCUT2D eigenvalue weighted by Crippen LogP contribution is 2.12. The Kier molecular flexibility index (Phi) is 18.4. The number of esters is 1. The van der Waals surface area contributed by atoms with Gasteiger partial charge in [-0.3, -0.25) is 0 Å². The van der Waals surface area contributed by atoms with Gasteiger partial charge in [0.25, 0.3) is 0 Å². The van der Waals surface area contributed by atoms with Crippen LogP contribution in [0.3, 0.4) is 0 Å². The lowest BCUT2D eigenvalue weighted by atomic mass is 10.0. The number of hydrogen-bond donors (Lipinski definition) is 0. The van der Waals surface area contributed by atoms with Crippen LogP contribution in [0.2, 0.25) is 0 Å². The van der Waals surface area contributed by atoms with Crippen molar-refractivity contribution in [1.29, 1.82) is 0 Å². The molecule has 0 saturated carbocycles. The zero-order valence-electron chi connectivity index (χ0n) is 16.5. The lowest BCUT2D eigenvalue weighted by Gasteiger charge is -2.07. The second-order valence-corrected chi connectivity index (χ2v) is 6.79. The molecule has 0 rings (SSSR count). The van der Waals surface area contributed by atoms with Gasteiger partial charge in [-0.2, -0.15) is 0 Å². The minimum absolute atomic E-state index is 0.212. The van der Waals surface area contributed by atoms with E-state index in [1.807, 2.05) is 0 Å². The molecule has 0 aromatic rings. The summed E-state index contributed by atoms with van der Waals surface area (Å²) in [5.74, 6) is -0.344. The van der Waals surface area contributed by atoms with E-state index in [0.29, 0.717) is 18.8 Å². The normalized spacial score (nSPS) is 10.6. The maximum Gasteiger partial charge on any atom is 0.335 e. The predicted molar refractivity (Wildman–Crippen MR) is 107 cm³/mol. The van der Waals surface area contributed by atoms with Crippen LogP contribution in [0.25, 0.3) is 0 Å². The van der Waals surface area contributed by atoms with Gasteiger partial charge in [-0.05, 0) is 6.42 Å². The molecule has 0 saturated heterocycles. The van der Waals surface area contributed by atoms with Crippen LogP contribution in [-0.4, -0.2) is 25.8 Å². The van der Waals surface area contributed by atoms with Crippen LogP contribution < -0.4 is 0 Å². The molecule has 0 bridgehead atoms. The fourth-order valence-corrected chi connectivity index (χ4v) is 2.71. The first kappa shape index (κ1) is 23.9. The highest BCUT2D eigenvalue weighted by Gasteiger charge is 2.07. The summed E-state index contributed by atoms with van der Waals surface area (Å²) in [5, 5.41) is 0. The van der Waals surface area contributed by atoms with Gasteiger partial charge in [-0.25, -0.2) is 4.79 Å². The van der Waals surface area contributed by atoms with Crippen LogP contribution in [0, 0.1) is 0 Å². The molecular formula is C22H40O3. The van der Waals surface area contributed by atoms with E-state index in [2.05, 4.69) is 20.1 Å². The Bertz CT molecular complexity index is 336. The zero-order valence-corrected chi connectivity index (χ0v) is 16.5. The van der Waals surface area contributed by atoms with Crippen molar-refractivity contribution in [1.82, 2.24) is 0 Å². The van der Waals surface area contributed by atoms with Crippen molar-refractivity contribution >= 4 is 5.97 Å². The quantitative estimate of drug-likeness (QED) is 0.117. The maximum atomic E-state index is 11.6. The molecule has 0 radical (unpaired) electrons. The predicted octanol–water partition coefficient (Wildman–Crippen LogP) is 6.38. The summed E-state index contributed by atoms with van der Waals surface area (Å²) in [6.45, 7) is 10.6. The molecule has 0 unspecified atom stereocenters. The van der Waals surface area contributed by atoms with Crippen molar-refractivity contribution in [3.05, 3.63) is 24.8 Å². The van der Waals surface area contributed by atoms with E-state index in [-0.39, 0.29) is 12.6 Å². The van der Waals surface area contributed by atoms with Crippen molar-refractivity contribution in [3.8, 4) is 0 Å².